The van der Waals surface area contributed by atoms with Gasteiger partial charge in [-0.05, 0) is 81.0 Å². The number of rotatable bonds is 0. The molecule has 0 bridgehead atoms. The second-order valence-corrected chi connectivity index (χ2v) is 9.61. The topological polar surface area (TPSA) is 60.7 Å². The van der Waals surface area contributed by atoms with E-state index in [1.807, 2.05) is 0 Å². The van der Waals surface area contributed by atoms with Crippen molar-refractivity contribution in [1.82, 2.24) is 0 Å². The summed E-state index contributed by atoms with van der Waals surface area (Å²) in [5.41, 5.74) is 1.43. The molecule has 4 aliphatic rings. The van der Waals surface area contributed by atoms with Gasteiger partial charge in [0, 0.05) is 5.41 Å². The normalized spacial score (nSPS) is 58.9. The van der Waals surface area contributed by atoms with E-state index in [-0.39, 0.29) is 29.1 Å². The molecule has 0 amide bonds. The Morgan fingerprint density at radius 2 is 1.75 bits per heavy atom. The van der Waals surface area contributed by atoms with E-state index in [2.05, 4.69) is 26.8 Å². The van der Waals surface area contributed by atoms with Crippen molar-refractivity contribution < 1.29 is 15.3 Å². The second kappa shape index (κ2) is 5.56. The maximum absolute atomic E-state index is 11.2. The van der Waals surface area contributed by atoms with Crippen LogP contribution in [-0.2, 0) is 0 Å². The van der Waals surface area contributed by atoms with Gasteiger partial charge in [0.25, 0.3) is 0 Å². The molecule has 0 aromatic rings. The van der Waals surface area contributed by atoms with Crippen LogP contribution in [0.3, 0.4) is 0 Å². The van der Waals surface area contributed by atoms with Crippen molar-refractivity contribution in [2.75, 3.05) is 0 Å². The molecule has 0 aliphatic heterocycles. The molecule has 4 fully saturated rings. The van der Waals surface area contributed by atoms with E-state index in [4.69, 9.17) is 0 Å². The lowest BCUT2D eigenvalue weighted by atomic mass is 9.43. The van der Waals surface area contributed by atoms with E-state index in [0.717, 1.165) is 44.9 Å². The lowest BCUT2D eigenvalue weighted by Crippen LogP contribution is -2.61. The van der Waals surface area contributed by atoms with E-state index >= 15 is 0 Å². The van der Waals surface area contributed by atoms with Crippen molar-refractivity contribution in [3.63, 3.8) is 0 Å². The lowest BCUT2D eigenvalue weighted by Gasteiger charge is -2.62. The molecule has 24 heavy (non-hydrogen) atoms. The minimum absolute atomic E-state index is 0.145. The van der Waals surface area contributed by atoms with Crippen molar-refractivity contribution >= 4 is 0 Å². The molecule has 0 aromatic carbocycles. The highest BCUT2D eigenvalue weighted by atomic mass is 16.3. The highest BCUT2D eigenvalue weighted by molar-refractivity contribution is 5.26. The number of aliphatic hydroxyl groups excluding tert-OH is 3. The van der Waals surface area contributed by atoms with Gasteiger partial charge < -0.3 is 15.3 Å². The van der Waals surface area contributed by atoms with Crippen LogP contribution in [0.4, 0.5) is 0 Å². The molecule has 0 heterocycles. The van der Waals surface area contributed by atoms with E-state index in [1.54, 1.807) is 0 Å². The summed E-state index contributed by atoms with van der Waals surface area (Å²) < 4.78 is 0. The summed E-state index contributed by atoms with van der Waals surface area (Å²) in [7, 11) is 0. The maximum Gasteiger partial charge on any atom is 0.0636 e. The molecule has 3 N–H and O–H groups in total. The molecule has 9 atom stereocenters. The van der Waals surface area contributed by atoms with Crippen LogP contribution in [0, 0.1) is 34.5 Å². The highest BCUT2D eigenvalue weighted by Crippen LogP contribution is 2.67. The minimum Gasteiger partial charge on any atom is -0.393 e. The third kappa shape index (κ3) is 2.07. The molecule has 0 aromatic heterocycles. The summed E-state index contributed by atoms with van der Waals surface area (Å²) in [4.78, 5) is 0. The van der Waals surface area contributed by atoms with Gasteiger partial charge in [-0.3, -0.25) is 0 Å². The number of fused-ring (bicyclic) bond motifs is 5. The largest absolute Gasteiger partial charge is 0.393 e. The molecule has 3 heteroatoms. The summed E-state index contributed by atoms with van der Waals surface area (Å²) in [5.74, 6) is 1.50. The lowest BCUT2D eigenvalue weighted by molar-refractivity contribution is -0.191. The van der Waals surface area contributed by atoms with Crippen LogP contribution in [0.1, 0.15) is 65.7 Å². The molecule has 0 spiro atoms. The Morgan fingerprint density at radius 3 is 2.46 bits per heavy atom. The zero-order chi connectivity index (χ0) is 17.3. The van der Waals surface area contributed by atoms with E-state index in [1.165, 1.54) is 5.57 Å². The first-order valence-electron chi connectivity index (χ1n) is 10.0. The zero-order valence-corrected chi connectivity index (χ0v) is 15.4. The predicted octanol–water partition coefficient (Wildman–Crippen LogP) is 3.28. The smallest absolute Gasteiger partial charge is 0.0636 e. The van der Waals surface area contributed by atoms with Gasteiger partial charge in [0.2, 0.25) is 0 Å². The van der Waals surface area contributed by atoms with E-state index < -0.39 is 0 Å². The molecule has 0 radical (unpaired) electrons. The Morgan fingerprint density at radius 1 is 1.00 bits per heavy atom. The van der Waals surface area contributed by atoms with Crippen LogP contribution in [0.25, 0.3) is 0 Å². The van der Waals surface area contributed by atoms with Gasteiger partial charge in [0.1, 0.15) is 0 Å². The van der Waals surface area contributed by atoms with Crippen molar-refractivity contribution in [2.45, 2.75) is 84.0 Å². The fourth-order valence-electron chi connectivity index (χ4n) is 7.49. The quantitative estimate of drug-likeness (QED) is 0.596. The molecule has 136 valence electrons. The fourth-order valence-corrected chi connectivity index (χ4v) is 7.49. The third-order valence-corrected chi connectivity index (χ3v) is 8.96. The van der Waals surface area contributed by atoms with Crippen LogP contribution in [0.15, 0.2) is 11.6 Å². The van der Waals surface area contributed by atoms with Crippen LogP contribution in [0.2, 0.25) is 0 Å². The summed E-state index contributed by atoms with van der Waals surface area (Å²) in [6, 6.07) is 0. The highest BCUT2D eigenvalue weighted by Gasteiger charge is 2.64. The molecule has 0 saturated heterocycles. The van der Waals surface area contributed by atoms with Crippen LogP contribution >= 0.6 is 0 Å². The first-order chi connectivity index (χ1) is 11.3. The Hall–Kier alpha value is -0.380. The standard InChI is InChI=1S/C21H34O3/c1-4-12-5-6-15-19-16(11-18(24)21(12,15)3)20(2)8-7-14(22)9-13(20)10-17(19)23/h4,13-19,22-24H,5-11H2,1-3H3. The van der Waals surface area contributed by atoms with Gasteiger partial charge in [-0.1, -0.05) is 25.5 Å². The Balaban J connectivity index is 1.73. The van der Waals surface area contributed by atoms with Crippen LogP contribution in [-0.4, -0.2) is 33.6 Å². The first kappa shape index (κ1) is 17.1. The van der Waals surface area contributed by atoms with Crippen LogP contribution < -0.4 is 0 Å². The number of hydrogen-bond donors (Lipinski definition) is 3. The molecule has 9 unspecified atom stereocenters. The van der Waals surface area contributed by atoms with Gasteiger partial charge in [0.05, 0.1) is 18.3 Å². The SMILES string of the molecule is CC=C1CCC2C3C(O)CC4CC(O)CCC4(C)C3CC(O)C12C. The molecule has 4 aliphatic carbocycles. The molecular formula is C21H34O3. The van der Waals surface area contributed by atoms with Gasteiger partial charge in [-0.25, -0.2) is 0 Å². The number of allylic oxidation sites excluding steroid dienone is 1. The number of aliphatic hydroxyl groups is 3. The van der Waals surface area contributed by atoms with E-state index in [9.17, 15) is 15.3 Å². The second-order valence-electron chi connectivity index (χ2n) is 9.61. The average molecular weight is 334 g/mol. The van der Waals surface area contributed by atoms with Crippen LogP contribution in [0.5, 0.6) is 0 Å². The molecule has 4 saturated carbocycles. The van der Waals surface area contributed by atoms with Gasteiger partial charge in [0.15, 0.2) is 0 Å². The summed E-state index contributed by atoms with van der Waals surface area (Å²) >= 11 is 0. The number of hydrogen-bond acceptors (Lipinski definition) is 3. The van der Waals surface area contributed by atoms with Crippen molar-refractivity contribution in [3.05, 3.63) is 11.6 Å². The summed E-state index contributed by atoms with van der Waals surface area (Å²) in [5, 5.41) is 32.3. The van der Waals surface area contributed by atoms with E-state index in [0.29, 0.717) is 23.7 Å². The monoisotopic (exact) mass is 334 g/mol. The Bertz CT molecular complexity index is 543. The molecule has 4 rings (SSSR count). The molecular weight excluding hydrogens is 300 g/mol. The zero-order valence-electron chi connectivity index (χ0n) is 15.4. The predicted molar refractivity (Wildman–Crippen MR) is 94.3 cm³/mol. The fraction of sp³-hybridized carbons (Fsp3) is 0.905. The van der Waals surface area contributed by atoms with Gasteiger partial charge >= 0.3 is 0 Å². The molecule has 3 nitrogen and oxygen atoms in total. The maximum atomic E-state index is 11.2. The van der Waals surface area contributed by atoms with Crippen molar-refractivity contribution in [1.29, 1.82) is 0 Å². The van der Waals surface area contributed by atoms with Crippen molar-refractivity contribution in [3.8, 4) is 0 Å². The minimum atomic E-state index is -0.299. The average Bonchev–Trinajstić information content (AvgIpc) is 2.88. The summed E-state index contributed by atoms with van der Waals surface area (Å²) in [6.07, 6.45) is 8.01. The van der Waals surface area contributed by atoms with Gasteiger partial charge in [-0.15, -0.1) is 0 Å². The Kier molecular flexibility index (Phi) is 3.95. The van der Waals surface area contributed by atoms with Crippen molar-refractivity contribution in [2.24, 2.45) is 34.5 Å². The van der Waals surface area contributed by atoms with Gasteiger partial charge in [-0.2, -0.15) is 0 Å². The first-order valence-corrected chi connectivity index (χ1v) is 10.0. The Labute approximate surface area is 146 Å². The third-order valence-electron chi connectivity index (χ3n) is 8.96. The summed E-state index contributed by atoms with van der Waals surface area (Å²) in [6.45, 7) is 6.72.